The Bertz CT molecular complexity index is 304. The molecule has 3 unspecified atom stereocenters. The summed E-state index contributed by atoms with van der Waals surface area (Å²) >= 11 is 0. The SMILES string of the molecule is CC(O)C(=O)CC(O)(C#N)C(=O)C(C)O. The molecule has 0 aliphatic carbocycles. The molecule has 0 aromatic heterocycles. The van der Waals surface area contributed by atoms with Gasteiger partial charge in [-0.1, -0.05) is 0 Å². The summed E-state index contributed by atoms with van der Waals surface area (Å²) in [5.74, 6) is -1.99. The molecule has 0 bridgehead atoms. The number of Topliss-reactive ketones (excluding diaryl/α,β-unsaturated/α-hetero) is 2. The van der Waals surface area contributed by atoms with Gasteiger partial charge in [0.15, 0.2) is 5.78 Å². The molecule has 0 fully saturated rings. The van der Waals surface area contributed by atoms with E-state index >= 15 is 0 Å². The van der Waals surface area contributed by atoms with Gasteiger partial charge in [-0.05, 0) is 13.8 Å². The number of nitriles is 1. The van der Waals surface area contributed by atoms with Crippen molar-refractivity contribution >= 4 is 11.6 Å². The van der Waals surface area contributed by atoms with Gasteiger partial charge >= 0.3 is 0 Å². The minimum atomic E-state index is -2.57. The van der Waals surface area contributed by atoms with E-state index in [0.717, 1.165) is 13.8 Å². The molecule has 84 valence electrons. The van der Waals surface area contributed by atoms with Gasteiger partial charge in [-0.2, -0.15) is 5.26 Å². The van der Waals surface area contributed by atoms with Crippen LogP contribution in [0.2, 0.25) is 0 Å². The molecule has 0 aromatic carbocycles. The number of aliphatic hydroxyl groups excluding tert-OH is 2. The van der Waals surface area contributed by atoms with Crippen LogP contribution in [-0.2, 0) is 9.59 Å². The number of hydrogen-bond donors (Lipinski definition) is 3. The highest BCUT2D eigenvalue weighted by atomic mass is 16.3. The van der Waals surface area contributed by atoms with Crippen LogP contribution in [0.5, 0.6) is 0 Å². The van der Waals surface area contributed by atoms with Gasteiger partial charge < -0.3 is 15.3 Å². The largest absolute Gasteiger partial charge is 0.386 e. The molecule has 0 amide bonds. The van der Waals surface area contributed by atoms with Crippen molar-refractivity contribution < 1.29 is 24.9 Å². The van der Waals surface area contributed by atoms with Gasteiger partial charge in [0.25, 0.3) is 0 Å². The van der Waals surface area contributed by atoms with Crippen molar-refractivity contribution in [1.29, 1.82) is 5.26 Å². The topological polar surface area (TPSA) is 119 Å². The van der Waals surface area contributed by atoms with Crippen molar-refractivity contribution in [3.8, 4) is 6.07 Å². The quantitative estimate of drug-likeness (QED) is 0.482. The first kappa shape index (κ1) is 13.7. The average molecular weight is 215 g/mol. The predicted molar refractivity (Wildman–Crippen MR) is 48.6 cm³/mol. The van der Waals surface area contributed by atoms with Crippen molar-refractivity contribution in [3.05, 3.63) is 0 Å². The molecule has 3 atom stereocenters. The second-order valence-corrected chi connectivity index (χ2v) is 3.33. The lowest BCUT2D eigenvalue weighted by molar-refractivity contribution is -0.145. The first-order valence-electron chi connectivity index (χ1n) is 4.31. The zero-order valence-electron chi connectivity index (χ0n) is 8.47. The Morgan fingerprint density at radius 3 is 2.07 bits per heavy atom. The van der Waals surface area contributed by atoms with Gasteiger partial charge in [0.2, 0.25) is 11.4 Å². The molecule has 0 spiro atoms. The van der Waals surface area contributed by atoms with E-state index in [9.17, 15) is 14.7 Å². The van der Waals surface area contributed by atoms with E-state index in [1.54, 1.807) is 0 Å². The molecule has 15 heavy (non-hydrogen) atoms. The van der Waals surface area contributed by atoms with Gasteiger partial charge in [-0.15, -0.1) is 0 Å². The first-order valence-corrected chi connectivity index (χ1v) is 4.31. The third kappa shape index (κ3) is 3.40. The summed E-state index contributed by atoms with van der Waals surface area (Å²) in [6, 6.07) is 1.26. The zero-order valence-corrected chi connectivity index (χ0v) is 8.47. The Morgan fingerprint density at radius 2 is 1.80 bits per heavy atom. The van der Waals surface area contributed by atoms with Crippen molar-refractivity contribution in [1.82, 2.24) is 0 Å². The third-order valence-corrected chi connectivity index (χ3v) is 1.87. The smallest absolute Gasteiger partial charge is 0.219 e. The summed E-state index contributed by atoms with van der Waals surface area (Å²) in [6.07, 6.45) is -3.74. The van der Waals surface area contributed by atoms with Crippen LogP contribution in [0.4, 0.5) is 0 Å². The molecule has 0 aromatic rings. The fraction of sp³-hybridized carbons (Fsp3) is 0.667. The van der Waals surface area contributed by atoms with E-state index in [2.05, 4.69) is 0 Å². The second kappa shape index (κ2) is 4.98. The van der Waals surface area contributed by atoms with Crippen molar-refractivity contribution in [2.75, 3.05) is 0 Å². The van der Waals surface area contributed by atoms with E-state index in [-0.39, 0.29) is 0 Å². The predicted octanol–water partition coefficient (Wildman–Crippen LogP) is -1.47. The van der Waals surface area contributed by atoms with Crippen LogP contribution in [0.15, 0.2) is 0 Å². The van der Waals surface area contributed by atoms with Crippen molar-refractivity contribution in [2.24, 2.45) is 0 Å². The second-order valence-electron chi connectivity index (χ2n) is 3.33. The van der Waals surface area contributed by atoms with Gasteiger partial charge in [-0.25, -0.2) is 0 Å². The van der Waals surface area contributed by atoms with Crippen LogP contribution in [0, 0.1) is 11.3 Å². The number of ketones is 2. The van der Waals surface area contributed by atoms with E-state index < -0.39 is 35.8 Å². The number of aliphatic hydroxyl groups is 3. The number of nitrogens with zero attached hydrogens (tertiary/aromatic N) is 1. The number of rotatable bonds is 5. The molecule has 0 heterocycles. The van der Waals surface area contributed by atoms with Crippen molar-refractivity contribution in [3.63, 3.8) is 0 Å². The summed E-state index contributed by atoms with van der Waals surface area (Å²) < 4.78 is 0. The summed E-state index contributed by atoms with van der Waals surface area (Å²) in [5, 5.41) is 35.8. The summed E-state index contributed by atoms with van der Waals surface area (Å²) in [5.41, 5.74) is -2.57. The minimum Gasteiger partial charge on any atom is -0.386 e. The van der Waals surface area contributed by atoms with E-state index in [0.29, 0.717) is 0 Å². The molecule has 6 nitrogen and oxygen atoms in total. The first-order chi connectivity index (χ1) is 6.74. The maximum absolute atomic E-state index is 11.2. The highest BCUT2D eigenvalue weighted by molar-refractivity contribution is 5.98. The molecule has 0 saturated carbocycles. The van der Waals surface area contributed by atoms with Gasteiger partial charge in [0, 0.05) is 0 Å². The Hall–Kier alpha value is -1.29. The van der Waals surface area contributed by atoms with Gasteiger partial charge in [0.1, 0.15) is 18.3 Å². The molecular weight excluding hydrogens is 202 g/mol. The fourth-order valence-corrected chi connectivity index (χ4v) is 0.927. The lowest BCUT2D eigenvalue weighted by Gasteiger charge is -2.19. The van der Waals surface area contributed by atoms with Crippen LogP contribution in [0.25, 0.3) is 0 Å². The van der Waals surface area contributed by atoms with Gasteiger partial charge in [-0.3, -0.25) is 9.59 Å². The minimum absolute atomic E-state index is 0.828. The average Bonchev–Trinajstić information content (AvgIpc) is 2.15. The Kier molecular flexibility index (Phi) is 4.55. The van der Waals surface area contributed by atoms with Gasteiger partial charge in [0.05, 0.1) is 6.42 Å². The maximum atomic E-state index is 11.2. The van der Waals surface area contributed by atoms with Crippen LogP contribution in [-0.4, -0.2) is 44.7 Å². The standard InChI is InChI=1S/C9H13NO5/c1-5(11)7(13)3-9(15,4-10)8(14)6(2)12/h5-6,11-12,15H,3H2,1-2H3. The molecule has 3 N–H and O–H groups in total. The lowest BCUT2D eigenvalue weighted by atomic mass is 9.90. The van der Waals surface area contributed by atoms with Crippen LogP contribution in [0.1, 0.15) is 20.3 Å². The van der Waals surface area contributed by atoms with Crippen LogP contribution >= 0.6 is 0 Å². The van der Waals surface area contributed by atoms with Crippen molar-refractivity contribution in [2.45, 2.75) is 38.1 Å². The zero-order chi connectivity index (χ0) is 12.2. The molecule has 0 aliphatic rings. The molecule has 0 radical (unpaired) electrons. The van der Waals surface area contributed by atoms with E-state index in [4.69, 9.17) is 15.5 Å². The normalized spacial score (nSPS) is 18.4. The van der Waals surface area contributed by atoms with Crippen LogP contribution < -0.4 is 0 Å². The van der Waals surface area contributed by atoms with Crippen LogP contribution in [0.3, 0.4) is 0 Å². The number of hydrogen-bond acceptors (Lipinski definition) is 6. The lowest BCUT2D eigenvalue weighted by Crippen LogP contribution is -2.45. The molecular formula is C9H13NO5. The number of carbonyl (C=O) groups is 2. The summed E-state index contributed by atoms with van der Waals surface area (Å²) in [7, 11) is 0. The Labute approximate surface area is 86.8 Å². The highest BCUT2D eigenvalue weighted by Gasteiger charge is 2.41. The third-order valence-electron chi connectivity index (χ3n) is 1.87. The Morgan fingerprint density at radius 1 is 1.33 bits per heavy atom. The monoisotopic (exact) mass is 215 g/mol. The molecule has 0 aliphatic heterocycles. The molecule has 6 heteroatoms. The Balaban J connectivity index is 4.83. The fourth-order valence-electron chi connectivity index (χ4n) is 0.927. The maximum Gasteiger partial charge on any atom is 0.219 e. The van der Waals surface area contributed by atoms with E-state index in [1.807, 2.05) is 0 Å². The molecule has 0 rings (SSSR count). The number of carbonyl (C=O) groups excluding carboxylic acids is 2. The van der Waals surface area contributed by atoms with E-state index in [1.165, 1.54) is 6.07 Å². The summed E-state index contributed by atoms with van der Waals surface area (Å²) in [6.45, 7) is 2.24. The summed E-state index contributed by atoms with van der Waals surface area (Å²) in [4.78, 5) is 22.2. The highest BCUT2D eigenvalue weighted by Crippen LogP contribution is 2.14. The molecule has 0 saturated heterocycles.